The topological polar surface area (TPSA) is 123 Å². The molecule has 1 aromatic heterocycles. The highest BCUT2D eigenvalue weighted by Gasteiger charge is 2.13. The highest BCUT2D eigenvalue weighted by Crippen LogP contribution is 2.25. The van der Waals surface area contributed by atoms with Gasteiger partial charge in [-0.1, -0.05) is 13.0 Å². The maximum absolute atomic E-state index is 13.3. The second kappa shape index (κ2) is 16.1. The van der Waals surface area contributed by atoms with Crippen molar-refractivity contribution in [3.05, 3.63) is 69.3 Å². The van der Waals surface area contributed by atoms with E-state index in [-0.39, 0.29) is 12.1 Å². The van der Waals surface area contributed by atoms with Gasteiger partial charge in [0, 0.05) is 30.0 Å². The standard InChI is InChI=1S/C18H14FNO4.C3H9N.C3H8O.CH2O/c1-10-13-4-3-12(23-9-21)8-17(13)24-18(22)14(10)6-11-2-5-15(19)16(20)7-11;1-4(2)3;1-2-3-4;1-2/h2-5,7-9H,6,20H2,1H3;1-3H3;4H,2-3H2,1H3;1H2. The lowest BCUT2D eigenvalue weighted by atomic mass is 9.99. The van der Waals surface area contributed by atoms with Crippen LogP contribution in [0.2, 0.25) is 0 Å². The Hall–Kier alpha value is -3.56. The molecule has 0 aliphatic rings. The maximum atomic E-state index is 13.3. The number of benzene rings is 2. The molecule has 3 rings (SSSR count). The van der Waals surface area contributed by atoms with Gasteiger partial charge in [-0.05, 0) is 69.9 Å². The summed E-state index contributed by atoms with van der Waals surface area (Å²) in [5, 5.41) is 8.61. The molecule has 0 aliphatic heterocycles. The molecular formula is C25H33FN2O6. The Morgan fingerprint density at radius 1 is 1.18 bits per heavy atom. The Kier molecular flexibility index (Phi) is 14.4. The first-order valence-corrected chi connectivity index (χ1v) is 10.4. The van der Waals surface area contributed by atoms with E-state index < -0.39 is 11.4 Å². The number of ether oxygens (including phenoxy) is 1. The summed E-state index contributed by atoms with van der Waals surface area (Å²) in [4.78, 5) is 32.7. The van der Waals surface area contributed by atoms with Gasteiger partial charge in [0.1, 0.15) is 23.9 Å². The minimum absolute atomic E-state index is 0.0333. The summed E-state index contributed by atoms with van der Waals surface area (Å²) >= 11 is 0. The van der Waals surface area contributed by atoms with Gasteiger partial charge in [0.2, 0.25) is 0 Å². The fourth-order valence-corrected chi connectivity index (χ4v) is 2.61. The van der Waals surface area contributed by atoms with Gasteiger partial charge in [-0.3, -0.25) is 4.79 Å². The van der Waals surface area contributed by atoms with Crippen molar-refractivity contribution in [3.8, 4) is 5.75 Å². The molecule has 34 heavy (non-hydrogen) atoms. The van der Waals surface area contributed by atoms with Gasteiger partial charge in [0.25, 0.3) is 6.47 Å². The Labute approximate surface area is 198 Å². The van der Waals surface area contributed by atoms with Gasteiger partial charge in [-0.15, -0.1) is 0 Å². The molecule has 0 atom stereocenters. The summed E-state index contributed by atoms with van der Waals surface area (Å²) in [5.41, 5.74) is 7.37. The van der Waals surface area contributed by atoms with Crippen molar-refractivity contribution >= 4 is 29.9 Å². The zero-order valence-electron chi connectivity index (χ0n) is 20.3. The number of aliphatic hydroxyl groups is 1. The number of aliphatic hydroxyl groups excluding tert-OH is 1. The number of fused-ring (bicyclic) bond motifs is 1. The highest BCUT2D eigenvalue weighted by molar-refractivity contribution is 5.82. The third-order valence-corrected chi connectivity index (χ3v) is 4.11. The molecule has 0 saturated heterocycles. The number of rotatable bonds is 5. The zero-order valence-corrected chi connectivity index (χ0v) is 20.3. The number of hydrogen-bond acceptors (Lipinski definition) is 8. The summed E-state index contributed by atoms with van der Waals surface area (Å²) in [6.07, 6.45) is 1.15. The largest absolute Gasteiger partial charge is 0.429 e. The first kappa shape index (κ1) is 30.4. The predicted octanol–water partition coefficient (Wildman–Crippen LogP) is 3.33. The molecule has 0 bridgehead atoms. The average Bonchev–Trinajstić information content (AvgIpc) is 2.80. The maximum Gasteiger partial charge on any atom is 0.340 e. The number of carbonyl (C=O) groups excluding carboxylic acids is 2. The van der Waals surface area contributed by atoms with Crippen molar-refractivity contribution in [3.63, 3.8) is 0 Å². The van der Waals surface area contributed by atoms with Crippen LogP contribution in [0, 0.1) is 12.7 Å². The minimum Gasteiger partial charge on any atom is -0.429 e. The lowest BCUT2D eigenvalue weighted by Crippen LogP contribution is -2.11. The van der Waals surface area contributed by atoms with Crippen molar-refractivity contribution < 1.29 is 28.2 Å². The van der Waals surface area contributed by atoms with Crippen LogP contribution in [-0.4, -0.2) is 51.0 Å². The van der Waals surface area contributed by atoms with E-state index in [0.29, 0.717) is 35.5 Å². The third-order valence-electron chi connectivity index (χ3n) is 4.11. The summed E-state index contributed by atoms with van der Waals surface area (Å²) in [6.45, 7) is 6.36. The van der Waals surface area contributed by atoms with E-state index in [0.717, 1.165) is 17.4 Å². The van der Waals surface area contributed by atoms with Gasteiger partial charge >= 0.3 is 5.63 Å². The molecule has 1 heterocycles. The van der Waals surface area contributed by atoms with Crippen LogP contribution in [0.15, 0.2) is 45.6 Å². The normalized spacial score (nSPS) is 9.65. The van der Waals surface area contributed by atoms with Crippen LogP contribution < -0.4 is 16.1 Å². The van der Waals surface area contributed by atoms with Crippen molar-refractivity contribution in [2.45, 2.75) is 26.7 Å². The smallest absolute Gasteiger partial charge is 0.340 e. The Morgan fingerprint density at radius 3 is 2.26 bits per heavy atom. The van der Waals surface area contributed by atoms with Crippen molar-refractivity contribution in [1.82, 2.24) is 4.90 Å². The van der Waals surface area contributed by atoms with Crippen molar-refractivity contribution in [2.75, 3.05) is 33.5 Å². The molecule has 0 amide bonds. The molecule has 0 unspecified atom stereocenters. The molecule has 3 aromatic rings. The number of nitrogens with two attached hydrogens (primary N) is 1. The first-order valence-electron chi connectivity index (χ1n) is 10.4. The Morgan fingerprint density at radius 2 is 1.76 bits per heavy atom. The van der Waals surface area contributed by atoms with E-state index in [9.17, 15) is 14.0 Å². The zero-order chi connectivity index (χ0) is 26.3. The molecule has 0 aliphatic carbocycles. The van der Waals surface area contributed by atoms with Crippen molar-refractivity contribution in [1.29, 1.82) is 0 Å². The first-order chi connectivity index (χ1) is 16.1. The lowest BCUT2D eigenvalue weighted by Gasteiger charge is -2.09. The number of anilines is 1. The summed E-state index contributed by atoms with van der Waals surface area (Å²) in [5.74, 6) is -0.206. The van der Waals surface area contributed by atoms with Crippen LogP contribution in [0.5, 0.6) is 5.75 Å². The number of hydrogen-bond donors (Lipinski definition) is 2. The molecule has 9 heteroatoms. The average molecular weight is 477 g/mol. The predicted molar refractivity (Wildman–Crippen MR) is 132 cm³/mol. The van der Waals surface area contributed by atoms with E-state index in [1.54, 1.807) is 18.2 Å². The van der Waals surface area contributed by atoms with Crippen molar-refractivity contribution in [2.24, 2.45) is 0 Å². The van der Waals surface area contributed by atoms with Crippen LogP contribution >= 0.6 is 0 Å². The molecule has 0 spiro atoms. The second-order valence-electron chi connectivity index (χ2n) is 7.46. The van der Waals surface area contributed by atoms with Crippen LogP contribution in [0.4, 0.5) is 10.1 Å². The molecule has 186 valence electrons. The lowest BCUT2D eigenvalue weighted by molar-refractivity contribution is -0.120. The van der Waals surface area contributed by atoms with Crippen LogP contribution in [-0.2, 0) is 16.0 Å². The van der Waals surface area contributed by atoms with E-state index in [4.69, 9.17) is 24.8 Å². The van der Waals surface area contributed by atoms with Crippen LogP contribution in [0.3, 0.4) is 0 Å². The fourth-order valence-electron chi connectivity index (χ4n) is 2.61. The van der Waals surface area contributed by atoms with Crippen LogP contribution in [0.25, 0.3) is 11.0 Å². The summed E-state index contributed by atoms with van der Waals surface area (Å²) in [6, 6.07) is 9.16. The fraction of sp³-hybridized carbons (Fsp3) is 0.320. The molecular weight excluding hydrogens is 443 g/mol. The van der Waals surface area contributed by atoms with E-state index in [2.05, 4.69) is 0 Å². The number of nitrogens with zero attached hydrogens (tertiary/aromatic N) is 1. The van der Waals surface area contributed by atoms with Gasteiger partial charge in [-0.2, -0.15) is 0 Å². The molecule has 0 radical (unpaired) electrons. The van der Waals surface area contributed by atoms with Crippen LogP contribution in [0.1, 0.15) is 30.0 Å². The number of carbonyl (C=O) groups is 2. The second-order valence-corrected chi connectivity index (χ2v) is 7.46. The Balaban J connectivity index is 0.000000934. The van der Waals surface area contributed by atoms with E-state index in [1.807, 2.05) is 46.7 Å². The van der Waals surface area contributed by atoms with E-state index >= 15 is 0 Å². The quantitative estimate of drug-likeness (QED) is 0.327. The van der Waals surface area contributed by atoms with E-state index in [1.165, 1.54) is 18.2 Å². The Bertz CT molecular complexity index is 1090. The van der Waals surface area contributed by atoms with Gasteiger partial charge < -0.3 is 29.7 Å². The molecule has 0 fully saturated rings. The molecule has 8 nitrogen and oxygen atoms in total. The molecule has 2 aromatic carbocycles. The SMILES string of the molecule is C=O.CCCO.CN(C)C.Cc1c(Cc2ccc(F)c(N)c2)c(=O)oc2cc(OC=O)ccc12. The number of aryl methyl sites for hydroxylation is 1. The monoisotopic (exact) mass is 476 g/mol. The summed E-state index contributed by atoms with van der Waals surface area (Å²) in [7, 11) is 6.00. The van der Waals surface area contributed by atoms with Gasteiger partial charge in [0.15, 0.2) is 0 Å². The molecule has 3 N–H and O–H groups in total. The highest BCUT2D eigenvalue weighted by atomic mass is 19.1. The minimum atomic E-state index is -0.497. The number of nitrogen functional groups attached to an aromatic ring is 1. The third kappa shape index (κ3) is 9.93. The summed E-state index contributed by atoms with van der Waals surface area (Å²) < 4.78 is 23.3. The molecule has 0 saturated carbocycles. The van der Waals surface area contributed by atoms with Gasteiger partial charge in [0.05, 0.1) is 5.69 Å². The number of halogens is 1. The van der Waals surface area contributed by atoms with Gasteiger partial charge in [-0.25, -0.2) is 9.18 Å².